The van der Waals surface area contributed by atoms with Crippen molar-refractivity contribution in [3.8, 4) is 0 Å². The first kappa shape index (κ1) is 30.4. The van der Waals surface area contributed by atoms with Crippen molar-refractivity contribution < 1.29 is 47.9 Å². The van der Waals surface area contributed by atoms with Gasteiger partial charge in [-0.2, -0.15) is 0 Å². The second-order valence-electron chi connectivity index (χ2n) is 6.92. The van der Waals surface area contributed by atoms with Crippen molar-refractivity contribution in [3.05, 3.63) is 0 Å². The van der Waals surface area contributed by atoms with Crippen molar-refractivity contribution >= 4 is 17.7 Å². The summed E-state index contributed by atoms with van der Waals surface area (Å²) in [6, 6.07) is 0. The maximum absolute atomic E-state index is 11.3. The monoisotopic (exact) mass is 464 g/mol. The number of carbonyl (C=O) groups excluding carboxylic acids is 2. The van der Waals surface area contributed by atoms with E-state index in [1.54, 1.807) is 0 Å². The zero-order valence-corrected chi connectivity index (χ0v) is 19.3. The average Bonchev–Trinajstić information content (AvgIpc) is 2.78. The fourth-order valence-electron chi connectivity index (χ4n) is 2.40. The number of unbranched alkanes of at least 4 members (excludes halogenated alkanes) is 4. The van der Waals surface area contributed by atoms with E-state index in [1.807, 2.05) is 0 Å². The summed E-state index contributed by atoms with van der Waals surface area (Å²) >= 11 is 0. The number of carbonyl (C=O) groups is 3. The Balaban J connectivity index is 3.15. The maximum atomic E-state index is 11.3. The van der Waals surface area contributed by atoms with Crippen LogP contribution in [-0.4, -0.2) is 95.5 Å². The van der Waals surface area contributed by atoms with E-state index in [-0.39, 0.29) is 26.1 Å². The van der Waals surface area contributed by atoms with Gasteiger partial charge < -0.3 is 33.5 Å². The van der Waals surface area contributed by atoms with Crippen LogP contribution in [0.5, 0.6) is 0 Å². The van der Waals surface area contributed by atoms with Gasteiger partial charge in [-0.05, 0) is 6.42 Å². The van der Waals surface area contributed by atoms with Gasteiger partial charge in [0.05, 0.1) is 65.9 Å². The molecule has 0 radical (unpaired) electrons. The van der Waals surface area contributed by atoms with E-state index in [0.29, 0.717) is 52.9 Å². The molecule has 0 spiro atoms. The van der Waals surface area contributed by atoms with E-state index in [0.717, 1.165) is 13.0 Å². The highest BCUT2D eigenvalue weighted by Crippen LogP contribution is 2.02. The summed E-state index contributed by atoms with van der Waals surface area (Å²) in [6.45, 7) is 7.07. The molecule has 188 valence electrons. The Labute approximate surface area is 190 Å². The Morgan fingerprint density at radius 1 is 0.562 bits per heavy atom. The summed E-state index contributed by atoms with van der Waals surface area (Å²) in [5, 5.41) is 8.40. The molecule has 10 nitrogen and oxygen atoms in total. The molecule has 10 heteroatoms. The van der Waals surface area contributed by atoms with Crippen molar-refractivity contribution in [1.29, 1.82) is 0 Å². The summed E-state index contributed by atoms with van der Waals surface area (Å²) in [4.78, 5) is 32.5. The van der Waals surface area contributed by atoms with Crippen LogP contribution in [0.25, 0.3) is 0 Å². The van der Waals surface area contributed by atoms with Gasteiger partial charge in [-0.3, -0.25) is 9.59 Å². The highest BCUT2D eigenvalue weighted by Gasteiger charge is 2.14. The van der Waals surface area contributed by atoms with Gasteiger partial charge >= 0.3 is 11.9 Å². The van der Waals surface area contributed by atoms with Crippen molar-refractivity contribution in [3.63, 3.8) is 0 Å². The predicted molar refractivity (Wildman–Crippen MR) is 116 cm³/mol. The number of carboxylic acid groups (broad SMARTS) is 1. The van der Waals surface area contributed by atoms with Gasteiger partial charge in [0.1, 0.15) is 6.61 Å². The van der Waals surface area contributed by atoms with Gasteiger partial charge in [-0.1, -0.05) is 32.6 Å². The molecule has 0 saturated heterocycles. The molecular formula is C22H40O10. The van der Waals surface area contributed by atoms with Crippen LogP contribution in [0.2, 0.25) is 0 Å². The minimum atomic E-state index is -1.55. The molecule has 0 atom stereocenters. The molecule has 0 aromatic heterocycles. The lowest BCUT2D eigenvalue weighted by molar-refractivity contribution is -0.151. The SMILES string of the molecule is CCCCCCCOCCOCCOCCOCCOCCOC(=O)CCC(=O)C(=O)O. The molecule has 0 aliphatic heterocycles. The van der Waals surface area contributed by atoms with Crippen LogP contribution in [-0.2, 0) is 42.8 Å². The first-order chi connectivity index (χ1) is 15.6. The second-order valence-corrected chi connectivity index (χ2v) is 6.92. The molecule has 0 aliphatic carbocycles. The zero-order chi connectivity index (χ0) is 23.7. The van der Waals surface area contributed by atoms with Crippen LogP contribution >= 0.6 is 0 Å². The third-order valence-corrected chi connectivity index (χ3v) is 4.17. The topological polar surface area (TPSA) is 127 Å². The molecule has 32 heavy (non-hydrogen) atoms. The maximum Gasteiger partial charge on any atom is 0.372 e. The van der Waals surface area contributed by atoms with Crippen LogP contribution in [0.3, 0.4) is 0 Å². The molecule has 0 saturated carbocycles. The Kier molecular flexibility index (Phi) is 22.9. The molecule has 0 aliphatic rings. The molecule has 1 N–H and O–H groups in total. The van der Waals surface area contributed by atoms with Crippen LogP contribution in [0, 0.1) is 0 Å². The molecule has 0 rings (SSSR count). The molecule has 0 amide bonds. The van der Waals surface area contributed by atoms with Crippen molar-refractivity contribution in [2.75, 3.05) is 72.7 Å². The highest BCUT2D eigenvalue weighted by atomic mass is 16.6. The summed E-state index contributed by atoms with van der Waals surface area (Å²) in [6.07, 6.45) is 5.55. The summed E-state index contributed by atoms with van der Waals surface area (Å²) in [7, 11) is 0. The van der Waals surface area contributed by atoms with Crippen molar-refractivity contribution in [2.45, 2.75) is 51.9 Å². The fourth-order valence-corrected chi connectivity index (χ4v) is 2.40. The quantitative estimate of drug-likeness (QED) is 0.122. The van der Waals surface area contributed by atoms with Gasteiger partial charge in [-0.25, -0.2) is 4.79 Å². The zero-order valence-electron chi connectivity index (χ0n) is 19.3. The lowest BCUT2D eigenvalue weighted by atomic mass is 10.2. The first-order valence-electron chi connectivity index (χ1n) is 11.4. The van der Waals surface area contributed by atoms with Crippen LogP contribution < -0.4 is 0 Å². The van der Waals surface area contributed by atoms with Crippen molar-refractivity contribution in [2.24, 2.45) is 0 Å². The Hall–Kier alpha value is -1.59. The minimum Gasteiger partial charge on any atom is -0.476 e. The van der Waals surface area contributed by atoms with Gasteiger partial charge in [0, 0.05) is 13.0 Å². The molecule has 0 fully saturated rings. The van der Waals surface area contributed by atoms with Crippen molar-refractivity contribution in [1.82, 2.24) is 0 Å². The third kappa shape index (κ3) is 23.1. The normalized spacial score (nSPS) is 10.9. The largest absolute Gasteiger partial charge is 0.476 e. The van der Waals surface area contributed by atoms with E-state index in [1.165, 1.54) is 25.7 Å². The van der Waals surface area contributed by atoms with Gasteiger partial charge in [-0.15, -0.1) is 0 Å². The Bertz CT molecular complexity index is 470. The van der Waals surface area contributed by atoms with E-state index >= 15 is 0 Å². The fraction of sp³-hybridized carbons (Fsp3) is 0.864. The van der Waals surface area contributed by atoms with E-state index in [4.69, 9.17) is 33.5 Å². The first-order valence-corrected chi connectivity index (χ1v) is 11.4. The number of esters is 1. The van der Waals surface area contributed by atoms with E-state index in [2.05, 4.69) is 6.92 Å². The summed E-state index contributed by atoms with van der Waals surface area (Å²) in [5.41, 5.74) is 0. The third-order valence-electron chi connectivity index (χ3n) is 4.17. The number of carboxylic acids is 1. The number of rotatable bonds is 25. The molecule has 0 unspecified atom stereocenters. The minimum absolute atomic E-state index is 0.0349. The number of hydrogen-bond acceptors (Lipinski definition) is 9. The number of ether oxygens (including phenoxy) is 6. The predicted octanol–water partition coefficient (Wildman–Crippen LogP) is 2.02. The second kappa shape index (κ2) is 24.1. The molecule has 0 aromatic rings. The lowest BCUT2D eigenvalue weighted by Crippen LogP contribution is -2.17. The summed E-state index contributed by atoms with van der Waals surface area (Å²) in [5.74, 6) is -3.20. The van der Waals surface area contributed by atoms with Gasteiger partial charge in [0.25, 0.3) is 0 Å². The Morgan fingerprint density at radius 3 is 1.47 bits per heavy atom. The van der Waals surface area contributed by atoms with Crippen LogP contribution in [0.1, 0.15) is 51.9 Å². The van der Waals surface area contributed by atoms with Gasteiger partial charge in [0.15, 0.2) is 0 Å². The number of aliphatic carboxylic acids is 1. The van der Waals surface area contributed by atoms with E-state index in [9.17, 15) is 14.4 Å². The average molecular weight is 465 g/mol. The number of Topliss-reactive ketones (excluding diaryl/α,β-unsaturated/α-hetero) is 1. The molecule has 0 heterocycles. The number of ketones is 1. The van der Waals surface area contributed by atoms with Crippen LogP contribution in [0.4, 0.5) is 0 Å². The summed E-state index contributed by atoms with van der Waals surface area (Å²) < 4.78 is 31.7. The molecular weight excluding hydrogens is 424 g/mol. The smallest absolute Gasteiger partial charge is 0.372 e. The van der Waals surface area contributed by atoms with Crippen LogP contribution in [0.15, 0.2) is 0 Å². The van der Waals surface area contributed by atoms with Gasteiger partial charge in [0.2, 0.25) is 5.78 Å². The standard InChI is InChI=1S/C22H40O10/c1-2-3-4-5-6-9-27-10-11-28-12-13-29-14-15-30-16-17-31-18-19-32-21(24)8-7-20(23)22(25)26/h2-19H2,1H3,(H,25,26). The number of hydrogen-bond donors (Lipinski definition) is 1. The molecule has 0 bridgehead atoms. The lowest BCUT2D eigenvalue weighted by Gasteiger charge is -2.08. The Morgan fingerprint density at radius 2 is 1.00 bits per heavy atom. The highest BCUT2D eigenvalue weighted by molar-refractivity contribution is 6.32. The molecule has 0 aromatic carbocycles. The van der Waals surface area contributed by atoms with E-state index < -0.39 is 17.7 Å².